The van der Waals surface area contributed by atoms with Crippen LogP contribution >= 0.6 is 11.6 Å². The van der Waals surface area contributed by atoms with E-state index < -0.39 is 17.4 Å². The van der Waals surface area contributed by atoms with Crippen LogP contribution in [0.3, 0.4) is 0 Å². The second-order valence-corrected chi connectivity index (χ2v) is 4.10. The first-order valence-corrected chi connectivity index (χ1v) is 5.12. The molecule has 1 aromatic carbocycles. The van der Waals surface area contributed by atoms with Crippen LogP contribution in [-0.2, 0) is 13.2 Å². The molecular formula is C10H7ClF3N3O. The van der Waals surface area contributed by atoms with E-state index in [0.717, 1.165) is 16.7 Å². The Hall–Kier alpha value is -1.76. The maximum absolute atomic E-state index is 12.6. The molecule has 2 N–H and O–H groups in total. The molecule has 0 atom stereocenters. The van der Waals surface area contributed by atoms with Crippen LogP contribution in [0.2, 0.25) is 5.02 Å². The van der Waals surface area contributed by atoms with Crippen molar-refractivity contribution in [1.82, 2.24) is 9.55 Å². The van der Waals surface area contributed by atoms with Crippen LogP contribution in [0.5, 0.6) is 0 Å². The number of aromatic nitrogens is 2. The summed E-state index contributed by atoms with van der Waals surface area (Å²) in [7, 11) is 1.36. The van der Waals surface area contributed by atoms with Gasteiger partial charge in [-0.25, -0.2) is 4.79 Å². The molecule has 0 saturated carbocycles. The fourth-order valence-electron chi connectivity index (χ4n) is 1.63. The summed E-state index contributed by atoms with van der Waals surface area (Å²) in [4.78, 5) is 14.8. The van der Waals surface area contributed by atoms with Gasteiger partial charge in [0.1, 0.15) is 5.82 Å². The molecule has 0 unspecified atom stereocenters. The molecule has 18 heavy (non-hydrogen) atoms. The maximum Gasteiger partial charge on any atom is 0.416 e. The molecular weight excluding hydrogens is 271 g/mol. The Kier molecular flexibility index (Phi) is 2.73. The third-order valence-electron chi connectivity index (χ3n) is 2.51. The first-order valence-electron chi connectivity index (χ1n) is 4.75. The zero-order chi connectivity index (χ0) is 13.7. The molecule has 0 aliphatic rings. The monoisotopic (exact) mass is 277 g/mol. The van der Waals surface area contributed by atoms with E-state index in [-0.39, 0.29) is 21.7 Å². The van der Waals surface area contributed by atoms with Crippen molar-refractivity contribution in [2.75, 3.05) is 5.73 Å². The van der Waals surface area contributed by atoms with E-state index in [9.17, 15) is 18.0 Å². The van der Waals surface area contributed by atoms with Gasteiger partial charge in [-0.2, -0.15) is 18.2 Å². The van der Waals surface area contributed by atoms with E-state index in [1.54, 1.807) is 0 Å². The van der Waals surface area contributed by atoms with Crippen molar-refractivity contribution < 1.29 is 13.2 Å². The van der Waals surface area contributed by atoms with Gasteiger partial charge in [0.25, 0.3) is 0 Å². The predicted octanol–water partition coefficient (Wildman–Crippen LogP) is 2.19. The number of halogens is 4. The number of aryl methyl sites for hydroxylation is 1. The lowest BCUT2D eigenvalue weighted by molar-refractivity contribution is -0.137. The Morgan fingerprint density at radius 2 is 2.00 bits per heavy atom. The molecule has 0 saturated heterocycles. The highest BCUT2D eigenvalue weighted by Crippen LogP contribution is 2.35. The summed E-state index contributed by atoms with van der Waals surface area (Å²) in [6.45, 7) is 0. The van der Waals surface area contributed by atoms with Crippen LogP contribution in [0.25, 0.3) is 10.9 Å². The fourth-order valence-corrected chi connectivity index (χ4v) is 1.98. The van der Waals surface area contributed by atoms with Gasteiger partial charge in [-0.15, -0.1) is 0 Å². The van der Waals surface area contributed by atoms with Gasteiger partial charge in [0.2, 0.25) is 0 Å². The standard InChI is InChI=1S/C10H7ClF3N3O/c1-17-7-5(8(15)16-9(17)18)2-4(3-6(7)11)10(12,13)14/h2-3H,1H3,(H2,15,16,18). The van der Waals surface area contributed by atoms with Gasteiger partial charge in [-0.3, -0.25) is 4.57 Å². The van der Waals surface area contributed by atoms with Crippen LogP contribution in [0, 0.1) is 0 Å². The lowest BCUT2D eigenvalue weighted by Gasteiger charge is -2.12. The molecule has 2 rings (SSSR count). The Bertz CT molecular complexity index is 693. The van der Waals surface area contributed by atoms with Gasteiger partial charge in [-0.1, -0.05) is 11.6 Å². The molecule has 0 spiro atoms. The number of anilines is 1. The number of alkyl halides is 3. The van der Waals surface area contributed by atoms with E-state index in [0.29, 0.717) is 0 Å². The highest BCUT2D eigenvalue weighted by atomic mass is 35.5. The van der Waals surface area contributed by atoms with E-state index in [1.165, 1.54) is 7.05 Å². The van der Waals surface area contributed by atoms with Crippen LogP contribution < -0.4 is 11.4 Å². The molecule has 1 heterocycles. The molecule has 2 aromatic rings. The third kappa shape index (κ3) is 1.90. The van der Waals surface area contributed by atoms with Crippen LogP contribution in [0.15, 0.2) is 16.9 Å². The van der Waals surface area contributed by atoms with E-state index >= 15 is 0 Å². The van der Waals surface area contributed by atoms with Gasteiger partial charge >= 0.3 is 11.9 Å². The zero-order valence-corrected chi connectivity index (χ0v) is 9.80. The van der Waals surface area contributed by atoms with Crippen LogP contribution in [0.4, 0.5) is 19.0 Å². The quantitative estimate of drug-likeness (QED) is 0.803. The summed E-state index contributed by atoms with van der Waals surface area (Å²) >= 11 is 5.77. The van der Waals surface area contributed by atoms with Crippen molar-refractivity contribution in [2.24, 2.45) is 7.05 Å². The van der Waals surface area contributed by atoms with Gasteiger partial charge in [0.15, 0.2) is 0 Å². The van der Waals surface area contributed by atoms with Gasteiger partial charge < -0.3 is 5.73 Å². The number of nitrogens with zero attached hydrogens (tertiary/aromatic N) is 2. The molecule has 96 valence electrons. The highest BCUT2D eigenvalue weighted by Gasteiger charge is 2.32. The Morgan fingerprint density at radius 1 is 1.39 bits per heavy atom. The number of hydrogen-bond donors (Lipinski definition) is 1. The first-order chi connectivity index (χ1) is 8.21. The first kappa shape index (κ1) is 12.7. The molecule has 4 nitrogen and oxygen atoms in total. The Labute approximate surface area is 104 Å². The lowest BCUT2D eigenvalue weighted by atomic mass is 10.1. The Morgan fingerprint density at radius 3 is 2.56 bits per heavy atom. The number of fused-ring (bicyclic) bond motifs is 1. The summed E-state index contributed by atoms with van der Waals surface area (Å²) in [6, 6.07) is 1.58. The van der Waals surface area contributed by atoms with Gasteiger partial charge in [-0.05, 0) is 12.1 Å². The smallest absolute Gasteiger partial charge is 0.383 e. The minimum Gasteiger partial charge on any atom is -0.383 e. The second-order valence-electron chi connectivity index (χ2n) is 3.69. The third-order valence-corrected chi connectivity index (χ3v) is 2.79. The second kappa shape index (κ2) is 3.88. The number of nitrogen functional groups attached to an aromatic ring is 1. The zero-order valence-electron chi connectivity index (χ0n) is 9.05. The Balaban J connectivity index is 2.95. The fraction of sp³-hybridized carbons (Fsp3) is 0.200. The number of rotatable bonds is 0. The molecule has 0 aliphatic heterocycles. The molecule has 1 aromatic heterocycles. The predicted molar refractivity (Wildman–Crippen MR) is 61.4 cm³/mol. The summed E-state index contributed by atoms with van der Waals surface area (Å²) < 4.78 is 38.9. The number of nitrogens with two attached hydrogens (primary N) is 1. The molecule has 8 heteroatoms. The van der Waals surface area contributed by atoms with Crippen molar-refractivity contribution in [2.45, 2.75) is 6.18 Å². The van der Waals surface area contributed by atoms with Crippen molar-refractivity contribution in [3.63, 3.8) is 0 Å². The van der Waals surface area contributed by atoms with Crippen molar-refractivity contribution in [1.29, 1.82) is 0 Å². The SMILES string of the molecule is Cn1c(=O)nc(N)c2cc(C(F)(F)F)cc(Cl)c21. The number of hydrogen-bond acceptors (Lipinski definition) is 3. The minimum atomic E-state index is -4.54. The highest BCUT2D eigenvalue weighted by molar-refractivity contribution is 6.35. The molecule has 0 bridgehead atoms. The maximum atomic E-state index is 12.6. The van der Waals surface area contributed by atoms with Crippen molar-refractivity contribution in [3.05, 3.63) is 33.2 Å². The van der Waals surface area contributed by atoms with Crippen molar-refractivity contribution >= 4 is 28.3 Å². The minimum absolute atomic E-state index is 0.00285. The summed E-state index contributed by atoms with van der Waals surface area (Å²) in [5, 5.41) is -0.203. The van der Waals surface area contributed by atoms with E-state index in [1.807, 2.05) is 0 Å². The largest absolute Gasteiger partial charge is 0.416 e. The molecule has 0 fully saturated rings. The topological polar surface area (TPSA) is 60.9 Å². The van der Waals surface area contributed by atoms with Crippen LogP contribution in [0.1, 0.15) is 5.56 Å². The molecule has 0 aliphatic carbocycles. The average Bonchev–Trinajstić information content (AvgIpc) is 2.24. The van der Waals surface area contributed by atoms with Gasteiger partial charge in [0.05, 0.1) is 16.1 Å². The summed E-state index contributed by atoms with van der Waals surface area (Å²) in [5.74, 6) is -0.277. The van der Waals surface area contributed by atoms with Crippen LogP contribution in [-0.4, -0.2) is 9.55 Å². The van der Waals surface area contributed by atoms with E-state index in [4.69, 9.17) is 17.3 Å². The van der Waals surface area contributed by atoms with Crippen molar-refractivity contribution in [3.8, 4) is 0 Å². The van der Waals surface area contributed by atoms with E-state index in [2.05, 4.69) is 4.98 Å². The summed E-state index contributed by atoms with van der Waals surface area (Å²) in [6.07, 6.45) is -4.54. The van der Waals surface area contributed by atoms with Gasteiger partial charge in [0, 0.05) is 12.4 Å². The molecule has 0 amide bonds. The average molecular weight is 278 g/mol. The normalized spacial score (nSPS) is 12.1. The lowest BCUT2D eigenvalue weighted by Crippen LogP contribution is -2.22. The molecule has 0 radical (unpaired) electrons. The summed E-state index contributed by atoms with van der Waals surface area (Å²) in [5.41, 5.74) is 3.97. The number of benzene rings is 1.